The van der Waals surface area contributed by atoms with Crippen molar-refractivity contribution in [3.8, 4) is 6.07 Å². The van der Waals surface area contributed by atoms with Crippen LogP contribution >= 0.6 is 0 Å². The van der Waals surface area contributed by atoms with Gasteiger partial charge in [-0.05, 0) is 19.4 Å². The molecule has 3 aromatic rings. The van der Waals surface area contributed by atoms with Crippen molar-refractivity contribution in [3.05, 3.63) is 34.8 Å². The van der Waals surface area contributed by atoms with Crippen LogP contribution in [0.5, 0.6) is 0 Å². The highest BCUT2D eigenvalue weighted by Gasteiger charge is 2.18. The average Bonchev–Trinajstić information content (AvgIpc) is 3.10. The lowest BCUT2D eigenvalue weighted by Gasteiger charge is -2.10. The molecule has 24 heavy (non-hydrogen) atoms. The van der Waals surface area contributed by atoms with Gasteiger partial charge in [-0.25, -0.2) is 4.98 Å². The lowest BCUT2D eigenvalue weighted by molar-refractivity contribution is 0.742. The largest absolute Gasteiger partial charge is 0.382 e. The molecule has 3 aromatic heterocycles. The molecular formula is C16H20N8. The van der Waals surface area contributed by atoms with Crippen molar-refractivity contribution in [2.45, 2.75) is 26.7 Å². The molecule has 3 N–H and O–H groups in total. The van der Waals surface area contributed by atoms with Crippen molar-refractivity contribution in [1.82, 2.24) is 24.4 Å². The SMILES string of the molecule is CCc1c(C)nn2c(N)c(C#N)c(NCCc3ccn(C)n3)nc12. The fraction of sp³-hybridized carbons (Fsp3) is 0.375. The second-order valence-corrected chi connectivity index (χ2v) is 5.64. The van der Waals surface area contributed by atoms with Crippen molar-refractivity contribution in [1.29, 1.82) is 5.26 Å². The number of fused-ring (bicyclic) bond motifs is 1. The first-order valence-corrected chi connectivity index (χ1v) is 7.85. The Balaban J connectivity index is 1.92. The molecule has 0 atom stereocenters. The number of nitrogens with one attached hydrogen (secondary N) is 1. The fourth-order valence-corrected chi connectivity index (χ4v) is 2.78. The number of nitrogens with zero attached hydrogens (tertiary/aromatic N) is 6. The molecule has 3 rings (SSSR count). The third kappa shape index (κ3) is 2.65. The standard InChI is InChI=1S/C16H20N8/c1-4-12-10(2)21-24-14(18)13(9-17)15(20-16(12)24)19-7-5-11-6-8-23(3)22-11/h6,8H,4-5,7,18H2,1-3H3,(H,19,20). The maximum Gasteiger partial charge on any atom is 0.163 e. The van der Waals surface area contributed by atoms with E-state index in [1.807, 2.05) is 33.2 Å². The van der Waals surface area contributed by atoms with Gasteiger partial charge in [0.2, 0.25) is 0 Å². The Labute approximate surface area is 139 Å². The van der Waals surface area contributed by atoms with E-state index in [-0.39, 0.29) is 0 Å². The predicted molar refractivity (Wildman–Crippen MR) is 91.6 cm³/mol. The number of rotatable bonds is 5. The molecule has 0 fully saturated rings. The zero-order valence-corrected chi connectivity index (χ0v) is 14.0. The van der Waals surface area contributed by atoms with E-state index in [1.54, 1.807) is 9.20 Å². The number of hydrogen-bond donors (Lipinski definition) is 2. The highest BCUT2D eigenvalue weighted by Crippen LogP contribution is 2.24. The molecule has 0 unspecified atom stereocenters. The molecule has 0 aliphatic rings. The first-order valence-electron chi connectivity index (χ1n) is 7.85. The molecule has 0 aromatic carbocycles. The molecule has 8 heteroatoms. The molecule has 0 saturated carbocycles. The Hall–Kier alpha value is -3.08. The van der Waals surface area contributed by atoms with E-state index < -0.39 is 0 Å². The van der Waals surface area contributed by atoms with Gasteiger partial charge >= 0.3 is 0 Å². The second-order valence-electron chi connectivity index (χ2n) is 5.64. The molecule has 0 aliphatic heterocycles. The van der Waals surface area contributed by atoms with E-state index in [4.69, 9.17) is 5.73 Å². The number of aromatic nitrogens is 5. The van der Waals surface area contributed by atoms with Gasteiger partial charge in [-0.1, -0.05) is 6.92 Å². The minimum Gasteiger partial charge on any atom is -0.382 e. The summed E-state index contributed by atoms with van der Waals surface area (Å²) in [5, 5.41) is 21.4. The lowest BCUT2D eigenvalue weighted by Crippen LogP contribution is -2.12. The summed E-state index contributed by atoms with van der Waals surface area (Å²) in [6, 6.07) is 4.09. The molecule has 3 heterocycles. The van der Waals surface area contributed by atoms with Crippen LogP contribution in [0, 0.1) is 18.3 Å². The van der Waals surface area contributed by atoms with E-state index in [9.17, 15) is 5.26 Å². The number of nitrogen functional groups attached to an aromatic ring is 1. The van der Waals surface area contributed by atoms with E-state index in [0.717, 1.165) is 29.8 Å². The summed E-state index contributed by atoms with van der Waals surface area (Å²) in [7, 11) is 1.88. The minimum atomic E-state index is 0.311. The molecular weight excluding hydrogens is 304 g/mol. The van der Waals surface area contributed by atoms with Crippen molar-refractivity contribution < 1.29 is 0 Å². The van der Waals surface area contributed by atoms with Crippen LogP contribution in [0.2, 0.25) is 0 Å². The van der Waals surface area contributed by atoms with Crippen LogP contribution in [0.25, 0.3) is 5.65 Å². The minimum absolute atomic E-state index is 0.311. The fourth-order valence-electron chi connectivity index (χ4n) is 2.78. The third-order valence-electron chi connectivity index (χ3n) is 4.00. The number of nitrogens with two attached hydrogens (primary N) is 1. The lowest BCUT2D eigenvalue weighted by atomic mass is 10.2. The number of aryl methyl sites for hydroxylation is 3. The van der Waals surface area contributed by atoms with Gasteiger partial charge in [-0.15, -0.1) is 0 Å². The van der Waals surface area contributed by atoms with E-state index in [1.165, 1.54) is 0 Å². The summed E-state index contributed by atoms with van der Waals surface area (Å²) in [4.78, 5) is 4.60. The van der Waals surface area contributed by atoms with Gasteiger partial charge in [0.25, 0.3) is 0 Å². The summed E-state index contributed by atoms with van der Waals surface area (Å²) in [6.07, 6.45) is 3.44. The highest BCUT2D eigenvalue weighted by molar-refractivity contribution is 5.69. The van der Waals surface area contributed by atoms with Crippen molar-refractivity contribution in [2.75, 3.05) is 17.6 Å². The molecule has 0 spiro atoms. The maximum absolute atomic E-state index is 9.44. The average molecular weight is 324 g/mol. The van der Waals surface area contributed by atoms with Gasteiger partial charge in [0.15, 0.2) is 5.65 Å². The Morgan fingerprint density at radius 2 is 2.17 bits per heavy atom. The topological polar surface area (TPSA) is 110 Å². The Morgan fingerprint density at radius 3 is 2.79 bits per heavy atom. The van der Waals surface area contributed by atoms with Gasteiger partial charge in [-0.3, -0.25) is 4.68 Å². The Kier molecular flexibility index (Phi) is 4.08. The quantitative estimate of drug-likeness (QED) is 0.735. The predicted octanol–water partition coefficient (Wildman–Crippen LogP) is 1.44. The third-order valence-corrected chi connectivity index (χ3v) is 4.00. The number of nitriles is 1. The normalized spacial score (nSPS) is 10.9. The molecule has 0 radical (unpaired) electrons. The van der Waals surface area contributed by atoms with Crippen molar-refractivity contribution in [3.63, 3.8) is 0 Å². The first-order chi connectivity index (χ1) is 11.5. The van der Waals surface area contributed by atoms with Crippen LogP contribution in [0.1, 0.15) is 29.4 Å². The van der Waals surface area contributed by atoms with E-state index in [2.05, 4.69) is 26.6 Å². The number of hydrogen-bond acceptors (Lipinski definition) is 6. The highest BCUT2D eigenvalue weighted by atomic mass is 15.3. The zero-order valence-electron chi connectivity index (χ0n) is 14.0. The van der Waals surface area contributed by atoms with Gasteiger partial charge < -0.3 is 11.1 Å². The van der Waals surface area contributed by atoms with Crippen LogP contribution in [0.4, 0.5) is 11.6 Å². The van der Waals surface area contributed by atoms with Gasteiger partial charge in [0.1, 0.15) is 23.3 Å². The summed E-state index contributed by atoms with van der Waals surface area (Å²) in [5.74, 6) is 0.804. The molecule has 8 nitrogen and oxygen atoms in total. The van der Waals surface area contributed by atoms with Crippen LogP contribution in [-0.4, -0.2) is 30.9 Å². The van der Waals surface area contributed by atoms with Gasteiger partial charge in [0.05, 0.1) is 11.4 Å². The zero-order chi connectivity index (χ0) is 17.3. The Morgan fingerprint density at radius 1 is 1.38 bits per heavy atom. The van der Waals surface area contributed by atoms with Crippen LogP contribution < -0.4 is 11.1 Å². The smallest absolute Gasteiger partial charge is 0.163 e. The van der Waals surface area contributed by atoms with Gasteiger partial charge in [-0.2, -0.15) is 20.0 Å². The van der Waals surface area contributed by atoms with Crippen molar-refractivity contribution >= 4 is 17.3 Å². The summed E-state index contributed by atoms with van der Waals surface area (Å²) < 4.78 is 3.32. The molecule has 0 aliphatic carbocycles. The summed E-state index contributed by atoms with van der Waals surface area (Å²) in [5.41, 5.74) is 10.1. The summed E-state index contributed by atoms with van der Waals surface area (Å²) in [6.45, 7) is 4.59. The number of anilines is 2. The van der Waals surface area contributed by atoms with E-state index in [0.29, 0.717) is 29.4 Å². The van der Waals surface area contributed by atoms with Crippen molar-refractivity contribution in [2.24, 2.45) is 7.05 Å². The monoisotopic (exact) mass is 324 g/mol. The first kappa shape index (κ1) is 15.8. The maximum atomic E-state index is 9.44. The van der Waals surface area contributed by atoms with Crippen LogP contribution in [0.3, 0.4) is 0 Å². The van der Waals surface area contributed by atoms with E-state index >= 15 is 0 Å². The molecule has 124 valence electrons. The van der Waals surface area contributed by atoms with Crippen LogP contribution in [-0.2, 0) is 19.9 Å². The molecule has 0 bridgehead atoms. The van der Waals surface area contributed by atoms with Crippen LogP contribution in [0.15, 0.2) is 12.3 Å². The summed E-state index contributed by atoms with van der Waals surface area (Å²) >= 11 is 0. The molecule has 0 saturated heterocycles. The molecule has 0 amide bonds. The second kappa shape index (κ2) is 6.20. The van der Waals surface area contributed by atoms with Gasteiger partial charge in [0, 0.05) is 31.8 Å². The Bertz CT molecular complexity index is 928.